The topological polar surface area (TPSA) is 12.5 Å². The second-order valence-electron chi connectivity index (χ2n) is 1.72. The second-order valence-corrected chi connectivity index (χ2v) is 4.30. The van der Waals surface area contributed by atoms with Gasteiger partial charge in [0.1, 0.15) is 0 Å². The fraction of sp³-hybridized carbons (Fsp3) is 1.00. The predicted molar refractivity (Wildman–Crippen MR) is 41.6 cm³/mol. The normalized spacial score (nSPS) is 8.60. The summed E-state index contributed by atoms with van der Waals surface area (Å²) in [7, 11) is 13.5. The third-order valence-electron chi connectivity index (χ3n) is 0.554. The average molecular weight is 222 g/mol. The number of hydrogen-bond donors (Lipinski definition) is 0. The van der Waals surface area contributed by atoms with Crippen LogP contribution in [0.1, 0.15) is 13.3 Å². The fourth-order valence-electron chi connectivity index (χ4n) is 0.274. The first-order valence-electron chi connectivity index (χ1n) is 2.95. The summed E-state index contributed by atoms with van der Waals surface area (Å²) in [5.74, 6) is 0. The van der Waals surface area contributed by atoms with Gasteiger partial charge in [0.25, 0.3) is 0 Å². The van der Waals surface area contributed by atoms with E-state index >= 15 is 0 Å². The Morgan fingerprint density at radius 1 is 1.40 bits per heavy atom. The van der Waals surface area contributed by atoms with Crippen LogP contribution in [0, 0.1) is 0 Å². The van der Waals surface area contributed by atoms with Crippen molar-refractivity contribution in [2.75, 3.05) is 20.7 Å². The Balaban J connectivity index is 0. The van der Waals surface area contributed by atoms with Gasteiger partial charge in [-0.25, -0.2) is 0 Å². The van der Waals surface area contributed by atoms with Crippen molar-refractivity contribution in [1.82, 2.24) is 5.06 Å². The van der Waals surface area contributed by atoms with Crippen LogP contribution in [0.25, 0.3) is 0 Å². The van der Waals surface area contributed by atoms with Crippen molar-refractivity contribution in [3.8, 4) is 0 Å². The van der Waals surface area contributed by atoms with Gasteiger partial charge in [-0.3, -0.25) is 4.84 Å². The van der Waals surface area contributed by atoms with E-state index in [0.29, 0.717) is 0 Å². The SMILES string of the molecule is CCCON(C)C.[Cl][Ti][Cl]. The number of hydrogen-bond acceptors (Lipinski definition) is 2. The van der Waals surface area contributed by atoms with E-state index in [1.807, 2.05) is 14.1 Å². The first kappa shape index (κ1) is 13.8. The Bertz CT molecular complexity index is 56.9. The number of halogens is 2. The van der Waals surface area contributed by atoms with Gasteiger partial charge in [0.05, 0.1) is 6.61 Å². The Hall–Kier alpha value is 1.21. The number of nitrogens with zero attached hydrogens (tertiary/aromatic N) is 1. The molecule has 10 heavy (non-hydrogen) atoms. The van der Waals surface area contributed by atoms with E-state index in [-0.39, 0.29) is 0 Å². The summed E-state index contributed by atoms with van der Waals surface area (Å²) in [6.45, 7) is 2.91. The van der Waals surface area contributed by atoms with Gasteiger partial charge >= 0.3 is 35.6 Å². The van der Waals surface area contributed by atoms with E-state index in [2.05, 4.69) is 6.92 Å². The van der Waals surface area contributed by atoms with Crippen LogP contribution in [-0.4, -0.2) is 25.8 Å². The Morgan fingerprint density at radius 3 is 1.90 bits per heavy atom. The molecule has 0 aliphatic rings. The van der Waals surface area contributed by atoms with Crippen molar-refractivity contribution in [3.63, 3.8) is 0 Å². The van der Waals surface area contributed by atoms with E-state index in [9.17, 15) is 0 Å². The van der Waals surface area contributed by atoms with Crippen molar-refractivity contribution < 1.29 is 21.9 Å². The van der Waals surface area contributed by atoms with Crippen molar-refractivity contribution in [2.24, 2.45) is 0 Å². The van der Waals surface area contributed by atoms with Gasteiger partial charge in [-0.15, -0.1) is 0 Å². The zero-order valence-corrected chi connectivity index (χ0v) is 9.60. The molecule has 0 fully saturated rings. The molecule has 0 aromatic carbocycles. The van der Waals surface area contributed by atoms with Gasteiger partial charge in [0.15, 0.2) is 0 Å². The van der Waals surface area contributed by atoms with Gasteiger partial charge in [0, 0.05) is 14.1 Å². The molecular weight excluding hydrogens is 209 g/mol. The molecule has 2 nitrogen and oxygen atoms in total. The van der Waals surface area contributed by atoms with E-state index in [1.54, 1.807) is 5.06 Å². The molecule has 0 bridgehead atoms. The molecule has 0 unspecified atom stereocenters. The Kier molecular flexibility index (Phi) is 17.7. The minimum absolute atomic E-state index is 0.556. The molecule has 0 aliphatic heterocycles. The standard InChI is InChI=1S/C5H13NO.2ClH.Ti/c1-4-5-7-6(2)3;;;/h4-5H2,1-3H3;2*1H;/q;;;+2/p-2. The van der Waals surface area contributed by atoms with Crippen LogP contribution >= 0.6 is 18.6 Å². The van der Waals surface area contributed by atoms with E-state index in [0.717, 1.165) is 13.0 Å². The van der Waals surface area contributed by atoms with E-state index in [4.69, 9.17) is 23.4 Å². The van der Waals surface area contributed by atoms with Crippen LogP contribution in [-0.2, 0) is 21.9 Å². The molecule has 5 heteroatoms. The van der Waals surface area contributed by atoms with Crippen LogP contribution in [0.2, 0.25) is 0 Å². The molecule has 0 saturated heterocycles. The molecule has 0 aliphatic carbocycles. The van der Waals surface area contributed by atoms with Gasteiger partial charge in [-0.2, -0.15) is 5.06 Å². The van der Waals surface area contributed by atoms with Gasteiger partial charge in [-0.05, 0) is 6.42 Å². The first-order valence-corrected chi connectivity index (χ1v) is 7.25. The summed E-state index contributed by atoms with van der Waals surface area (Å²) < 4.78 is 0. The van der Waals surface area contributed by atoms with Crippen molar-refractivity contribution in [2.45, 2.75) is 13.3 Å². The number of rotatable bonds is 3. The van der Waals surface area contributed by atoms with Crippen LogP contribution in [0.4, 0.5) is 0 Å². The molecular formula is C5H13Cl2NOTi. The van der Waals surface area contributed by atoms with Gasteiger partial charge in [-0.1, -0.05) is 6.92 Å². The summed E-state index contributed by atoms with van der Waals surface area (Å²) in [4.78, 5) is 5.02. The summed E-state index contributed by atoms with van der Waals surface area (Å²) in [5, 5.41) is 1.71. The summed E-state index contributed by atoms with van der Waals surface area (Å²) in [5.41, 5.74) is 0. The fourth-order valence-corrected chi connectivity index (χ4v) is 0.274. The maximum atomic E-state index is 5.02. The quantitative estimate of drug-likeness (QED) is 0.536. The Labute approximate surface area is 79.4 Å². The molecule has 0 saturated carbocycles. The van der Waals surface area contributed by atoms with E-state index in [1.165, 1.54) is 0 Å². The summed E-state index contributed by atoms with van der Waals surface area (Å²) in [6.07, 6.45) is 1.08. The molecule has 0 rings (SSSR count). The zero-order chi connectivity index (χ0) is 8.41. The second kappa shape index (κ2) is 12.9. The number of hydroxylamine groups is 2. The predicted octanol–water partition coefficient (Wildman–Crippen LogP) is 2.27. The molecule has 0 amide bonds. The van der Waals surface area contributed by atoms with Crippen LogP contribution < -0.4 is 0 Å². The monoisotopic (exact) mass is 221 g/mol. The molecule has 0 heterocycles. The van der Waals surface area contributed by atoms with Gasteiger partial charge < -0.3 is 0 Å². The zero-order valence-electron chi connectivity index (χ0n) is 6.53. The van der Waals surface area contributed by atoms with Crippen molar-refractivity contribution in [1.29, 1.82) is 0 Å². The molecule has 0 N–H and O–H groups in total. The molecule has 0 aromatic heterocycles. The first-order chi connectivity index (χ1) is 4.68. The summed E-state index contributed by atoms with van der Waals surface area (Å²) in [6, 6.07) is 0. The molecule has 0 radical (unpaired) electrons. The third-order valence-corrected chi connectivity index (χ3v) is 0.554. The Morgan fingerprint density at radius 2 is 1.80 bits per heavy atom. The molecule has 0 atom stereocenters. The van der Waals surface area contributed by atoms with Crippen molar-refractivity contribution >= 4 is 18.6 Å². The molecule has 0 aromatic rings. The minimum atomic E-state index is -0.556. The van der Waals surface area contributed by atoms with Crippen LogP contribution in [0.15, 0.2) is 0 Å². The average Bonchev–Trinajstić information content (AvgIpc) is 1.85. The third kappa shape index (κ3) is 22.9. The van der Waals surface area contributed by atoms with Crippen LogP contribution in [0.5, 0.6) is 0 Å². The molecule has 62 valence electrons. The van der Waals surface area contributed by atoms with Crippen molar-refractivity contribution in [3.05, 3.63) is 0 Å². The summed E-state index contributed by atoms with van der Waals surface area (Å²) >= 11 is -0.556. The maximum absolute atomic E-state index is 5.02. The van der Waals surface area contributed by atoms with E-state index < -0.39 is 17.0 Å². The molecule has 0 spiro atoms. The van der Waals surface area contributed by atoms with Gasteiger partial charge in [0.2, 0.25) is 0 Å². The van der Waals surface area contributed by atoms with Crippen LogP contribution in [0.3, 0.4) is 0 Å².